The highest BCUT2D eigenvalue weighted by molar-refractivity contribution is 8.18. The number of carbonyl (C=O) groups is 3. The highest BCUT2D eigenvalue weighted by Gasteiger charge is 2.34. The molecule has 3 rings (SSSR count). The van der Waals surface area contributed by atoms with E-state index in [0.717, 1.165) is 23.7 Å². The van der Waals surface area contributed by atoms with Gasteiger partial charge in [-0.2, -0.15) is 0 Å². The number of hydrogen-bond donors (Lipinski definition) is 0. The fourth-order valence-corrected chi connectivity index (χ4v) is 4.22. The van der Waals surface area contributed by atoms with Crippen molar-refractivity contribution in [2.24, 2.45) is 0 Å². The van der Waals surface area contributed by atoms with Gasteiger partial charge in [0.05, 0.1) is 24.1 Å². The van der Waals surface area contributed by atoms with Gasteiger partial charge in [0.2, 0.25) is 0 Å². The molecule has 0 atom stereocenters. The van der Waals surface area contributed by atoms with Crippen LogP contribution in [0.4, 0.5) is 4.79 Å². The van der Waals surface area contributed by atoms with Gasteiger partial charge >= 0.3 is 5.97 Å². The number of rotatable bonds is 9. The SMILES string of the molecule is COC(=O)COc1c(Cl)cc(/C=C2/SC(=O)N(CCCc3ccccc3)C2=O)cc1OC. The fourth-order valence-electron chi connectivity index (χ4n) is 3.08. The maximum absolute atomic E-state index is 12.8. The number of amides is 2. The Bertz CT molecular complexity index is 1040. The first-order chi connectivity index (χ1) is 15.4. The summed E-state index contributed by atoms with van der Waals surface area (Å²) >= 11 is 7.18. The van der Waals surface area contributed by atoms with Crippen LogP contribution in [0.1, 0.15) is 17.5 Å². The summed E-state index contributed by atoms with van der Waals surface area (Å²) in [6, 6.07) is 13.1. The van der Waals surface area contributed by atoms with E-state index in [1.807, 2.05) is 30.3 Å². The minimum Gasteiger partial charge on any atom is -0.493 e. The monoisotopic (exact) mass is 475 g/mol. The van der Waals surface area contributed by atoms with Crippen molar-refractivity contribution in [2.75, 3.05) is 27.4 Å². The summed E-state index contributed by atoms with van der Waals surface area (Å²) in [6.07, 6.45) is 3.04. The summed E-state index contributed by atoms with van der Waals surface area (Å²) in [5, 5.41) is -0.105. The number of methoxy groups -OCH3 is 2. The largest absolute Gasteiger partial charge is 0.493 e. The molecule has 7 nitrogen and oxygen atoms in total. The van der Waals surface area contributed by atoms with Gasteiger partial charge in [-0.15, -0.1) is 0 Å². The summed E-state index contributed by atoms with van der Waals surface area (Å²) in [4.78, 5) is 38.0. The van der Waals surface area contributed by atoms with Crippen molar-refractivity contribution in [1.29, 1.82) is 0 Å². The van der Waals surface area contributed by atoms with E-state index < -0.39 is 5.97 Å². The number of esters is 1. The summed E-state index contributed by atoms with van der Waals surface area (Å²) in [5.74, 6) is -0.428. The summed E-state index contributed by atoms with van der Waals surface area (Å²) < 4.78 is 15.2. The van der Waals surface area contributed by atoms with Crippen molar-refractivity contribution in [3.05, 3.63) is 63.5 Å². The number of benzene rings is 2. The number of nitrogens with zero attached hydrogens (tertiary/aromatic N) is 1. The van der Waals surface area contributed by atoms with Crippen LogP contribution in [0.5, 0.6) is 11.5 Å². The Balaban J connectivity index is 1.70. The molecule has 0 unspecified atom stereocenters. The molecule has 32 heavy (non-hydrogen) atoms. The van der Waals surface area contributed by atoms with Gasteiger partial charge < -0.3 is 14.2 Å². The Morgan fingerprint density at radius 3 is 2.59 bits per heavy atom. The molecule has 0 saturated carbocycles. The molecular weight excluding hydrogens is 454 g/mol. The minimum atomic E-state index is -0.562. The number of aryl methyl sites for hydroxylation is 1. The van der Waals surface area contributed by atoms with E-state index in [0.29, 0.717) is 23.4 Å². The molecule has 1 aliphatic rings. The zero-order chi connectivity index (χ0) is 23.1. The van der Waals surface area contributed by atoms with Crippen LogP contribution in [0.2, 0.25) is 5.02 Å². The second-order valence-electron chi connectivity index (χ2n) is 6.82. The standard InChI is InChI=1S/C23H22ClNO6S/c1-29-18-12-16(11-17(24)21(18)31-14-20(26)30-2)13-19-22(27)25(23(28)32-19)10-6-9-15-7-4-3-5-8-15/h3-5,7-8,11-13H,6,9-10,14H2,1-2H3/b19-13+. The van der Waals surface area contributed by atoms with Crippen LogP contribution in [-0.2, 0) is 20.7 Å². The molecule has 0 bridgehead atoms. The van der Waals surface area contributed by atoms with Gasteiger partial charge in [-0.05, 0) is 53.9 Å². The number of carbonyl (C=O) groups excluding carboxylic acids is 3. The average molecular weight is 476 g/mol. The summed E-state index contributed by atoms with van der Waals surface area (Å²) in [6.45, 7) is 0.0229. The Kier molecular flexibility index (Phi) is 8.19. The maximum atomic E-state index is 12.8. The minimum absolute atomic E-state index is 0.186. The third-order valence-electron chi connectivity index (χ3n) is 4.68. The Morgan fingerprint density at radius 2 is 1.91 bits per heavy atom. The van der Waals surface area contributed by atoms with E-state index in [4.69, 9.17) is 21.1 Å². The fraction of sp³-hybridized carbons (Fsp3) is 0.261. The number of halogens is 1. The molecule has 0 aromatic heterocycles. The Labute approximate surface area is 195 Å². The number of hydrogen-bond acceptors (Lipinski definition) is 7. The topological polar surface area (TPSA) is 82.1 Å². The first kappa shape index (κ1) is 23.7. The molecule has 0 aliphatic carbocycles. The average Bonchev–Trinajstić information content (AvgIpc) is 3.05. The quantitative estimate of drug-likeness (QED) is 0.388. The number of ether oxygens (including phenoxy) is 3. The molecule has 0 radical (unpaired) electrons. The van der Waals surface area contributed by atoms with Crippen molar-refractivity contribution in [3.63, 3.8) is 0 Å². The van der Waals surface area contributed by atoms with Crippen molar-refractivity contribution >= 4 is 46.6 Å². The van der Waals surface area contributed by atoms with Crippen LogP contribution >= 0.6 is 23.4 Å². The van der Waals surface area contributed by atoms with Crippen LogP contribution in [0, 0.1) is 0 Å². The van der Waals surface area contributed by atoms with Crippen LogP contribution in [-0.4, -0.2) is 49.4 Å². The smallest absolute Gasteiger partial charge is 0.343 e. The van der Waals surface area contributed by atoms with Gasteiger partial charge in [0, 0.05) is 6.54 Å². The van der Waals surface area contributed by atoms with Gasteiger partial charge in [0.1, 0.15) is 0 Å². The third kappa shape index (κ3) is 5.83. The molecular formula is C23H22ClNO6S. The first-order valence-corrected chi connectivity index (χ1v) is 11.0. The normalized spacial score (nSPS) is 14.7. The van der Waals surface area contributed by atoms with Crippen molar-refractivity contribution in [3.8, 4) is 11.5 Å². The molecule has 1 saturated heterocycles. The lowest BCUT2D eigenvalue weighted by Crippen LogP contribution is -2.29. The second kappa shape index (κ2) is 11.1. The number of imide groups is 1. The summed E-state index contributed by atoms with van der Waals surface area (Å²) in [5.41, 5.74) is 1.72. The predicted octanol–water partition coefficient (Wildman–Crippen LogP) is 4.57. The molecule has 2 aromatic rings. The van der Waals surface area contributed by atoms with Crippen LogP contribution in [0.25, 0.3) is 6.08 Å². The van der Waals surface area contributed by atoms with Gasteiger partial charge in [-0.3, -0.25) is 14.5 Å². The van der Waals surface area contributed by atoms with Crippen LogP contribution in [0.3, 0.4) is 0 Å². The molecule has 9 heteroatoms. The van der Waals surface area contributed by atoms with E-state index in [-0.39, 0.29) is 34.3 Å². The van der Waals surface area contributed by atoms with E-state index in [9.17, 15) is 14.4 Å². The number of thioether (sulfide) groups is 1. The van der Waals surface area contributed by atoms with E-state index in [1.165, 1.54) is 19.1 Å². The van der Waals surface area contributed by atoms with E-state index in [2.05, 4.69) is 4.74 Å². The van der Waals surface area contributed by atoms with Gasteiger partial charge in [-0.25, -0.2) is 4.79 Å². The predicted molar refractivity (Wildman–Crippen MR) is 123 cm³/mol. The lowest BCUT2D eigenvalue weighted by Gasteiger charge is -2.13. The van der Waals surface area contributed by atoms with Gasteiger partial charge in [-0.1, -0.05) is 41.9 Å². The van der Waals surface area contributed by atoms with E-state index >= 15 is 0 Å². The Morgan fingerprint density at radius 1 is 1.16 bits per heavy atom. The molecule has 1 fully saturated rings. The zero-order valence-electron chi connectivity index (χ0n) is 17.6. The van der Waals surface area contributed by atoms with Gasteiger partial charge in [0.25, 0.3) is 11.1 Å². The third-order valence-corrected chi connectivity index (χ3v) is 5.86. The second-order valence-corrected chi connectivity index (χ2v) is 8.22. The lowest BCUT2D eigenvalue weighted by molar-refractivity contribution is -0.142. The van der Waals surface area contributed by atoms with Crippen molar-refractivity contribution < 1.29 is 28.6 Å². The molecule has 0 N–H and O–H groups in total. The van der Waals surface area contributed by atoms with Crippen molar-refractivity contribution in [1.82, 2.24) is 4.90 Å². The summed E-state index contributed by atoms with van der Waals surface area (Å²) in [7, 11) is 2.68. The molecule has 168 valence electrons. The van der Waals surface area contributed by atoms with Crippen molar-refractivity contribution in [2.45, 2.75) is 12.8 Å². The highest BCUT2D eigenvalue weighted by Crippen LogP contribution is 2.39. The zero-order valence-corrected chi connectivity index (χ0v) is 19.2. The van der Waals surface area contributed by atoms with E-state index in [1.54, 1.807) is 18.2 Å². The highest BCUT2D eigenvalue weighted by atomic mass is 35.5. The molecule has 0 spiro atoms. The molecule has 2 aromatic carbocycles. The van der Waals surface area contributed by atoms with Crippen LogP contribution in [0.15, 0.2) is 47.4 Å². The Hall–Kier alpha value is -2.97. The van der Waals surface area contributed by atoms with Gasteiger partial charge in [0.15, 0.2) is 18.1 Å². The lowest BCUT2D eigenvalue weighted by atomic mass is 10.1. The molecule has 1 heterocycles. The molecule has 1 aliphatic heterocycles. The first-order valence-electron chi connectivity index (χ1n) is 9.79. The van der Waals surface area contributed by atoms with Crippen LogP contribution < -0.4 is 9.47 Å². The maximum Gasteiger partial charge on any atom is 0.343 e. The molecule has 2 amide bonds.